The molecule has 1 aromatic heterocycles. The molecule has 1 heterocycles. The van der Waals surface area contributed by atoms with Gasteiger partial charge in [-0.2, -0.15) is 5.10 Å². The molecule has 2 rings (SSSR count). The predicted molar refractivity (Wildman–Crippen MR) is 69.6 cm³/mol. The fraction of sp³-hybridized carbons (Fsp3) is 0.0833. The van der Waals surface area contributed by atoms with Crippen molar-refractivity contribution in [1.82, 2.24) is 9.78 Å². The summed E-state index contributed by atoms with van der Waals surface area (Å²) < 4.78 is 1.92. The summed E-state index contributed by atoms with van der Waals surface area (Å²) in [7, 11) is 1.62. The van der Waals surface area contributed by atoms with Crippen molar-refractivity contribution in [2.75, 3.05) is 5.32 Å². The molecule has 0 spiro atoms. The van der Waals surface area contributed by atoms with Gasteiger partial charge < -0.3 is 15.2 Å². The van der Waals surface area contributed by atoms with Gasteiger partial charge in [-0.15, -0.1) is 0 Å². The van der Waals surface area contributed by atoms with Crippen LogP contribution in [0.3, 0.4) is 0 Å². The molecule has 98 valence electrons. The second kappa shape index (κ2) is 5.23. The number of carbonyl (C=O) groups is 2. The number of benzene rings is 1. The molecule has 0 aliphatic heterocycles. The van der Waals surface area contributed by atoms with Crippen LogP contribution in [0.25, 0.3) is 0 Å². The lowest BCUT2D eigenvalue weighted by Crippen LogP contribution is -2.25. The third kappa shape index (κ3) is 2.65. The molecule has 19 heavy (non-hydrogen) atoms. The molecule has 0 saturated carbocycles. The van der Waals surface area contributed by atoms with Crippen LogP contribution in [0.2, 0.25) is 0 Å². The summed E-state index contributed by atoms with van der Waals surface area (Å²) in [6.07, 6.45) is 1.49. The van der Waals surface area contributed by atoms with E-state index >= 15 is 0 Å². The summed E-state index contributed by atoms with van der Waals surface area (Å²) in [6.45, 7) is 0. The summed E-state index contributed by atoms with van der Waals surface area (Å²) in [6, 6.07) is 6.04. The Morgan fingerprint density at radius 1 is 1.37 bits per heavy atom. The number of nitrogens with one attached hydrogen (secondary N) is 1. The van der Waals surface area contributed by atoms with Crippen LogP contribution in [0.4, 0.5) is 5.69 Å². The number of aromatic carboxylic acids is 1. The lowest BCUT2D eigenvalue weighted by molar-refractivity contribution is -0.254. The maximum Gasteiger partial charge on any atom is 0.275 e. The molecule has 0 saturated heterocycles. The van der Waals surface area contributed by atoms with Gasteiger partial charge in [0.25, 0.3) is 5.91 Å². The van der Waals surface area contributed by atoms with Gasteiger partial charge in [0.15, 0.2) is 0 Å². The van der Waals surface area contributed by atoms with Gasteiger partial charge in [-0.1, -0.05) is 18.2 Å². The highest BCUT2D eigenvalue weighted by Crippen LogP contribution is 2.19. The van der Waals surface area contributed by atoms with Crippen LogP contribution in [0, 0.1) is 0 Å². The Kier molecular flexibility index (Phi) is 3.66. The molecule has 1 N–H and O–H groups in total. The second-order valence-corrected chi connectivity index (χ2v) is 4.61. The maximum atomic E-state index is 12.1. The first kappa shape index (κ1) is 13.3. The first-order valence-electron chi connectivity index (χ1n) is 5.30. The smallest absolute Gasteiger partial charge is 0.275 e. The maximum absolute atomic E-state index is 12.1. The third-order valence-corrected chi connectivity index (χ3v) is 3.08. The largest absolute Gasteiger partial charge is 0.545 e. The van der Waals surface area contributed by atoms with Crippen molar-refractivity contribution in [1.29, 1.82) is 0 Å². The van der Waals surface area contributed by atoms with Gasteiger partial charge in [0.1, 0.15) is 5.69 Å². The molecular weight excluding hydrogens is 314 g/mol. The summed E-state index contributed by atoms with van der Waals surface area (Å²) in [4.78, 5) is 23.0. The molecule has 2 aromatic rings. The Bertz CT molecular complexity index is 632. The third-order valence-electron chi connectivity index (χ3n) is 2.50. The Balaban J connectivity index is 2.32. The van der Waals surface area contributed by atoms with E-state index in [1.54, 1.807) is 19.2 Å². The van der Waals surface area contributed by atoms with Gasteiger partial charge in [0.2, 0.25) is 0 Å². The van der Waals surface area contributed by atoms with Crippen molar-refractivity contribution < 1.29 is 14.7 Å². The lowest BCUT2D eigenvalue weighted by atomic mass is 10.2. The van der Waals surface area contributed by atoms with Crippen molar-refractivity contribution in [3.8, 4) is 0 Å². The number of hydrogen-bond donors (Lipinski definition) is 1. The number of carbonyl (C=O) groups excluding carboxylic acids is 2. The molecule has 1 amide bonds. The van der Waals surface area contributed by atoms with E-state index in [2.05, 4.69) is 26.3 Å². The molecule has 6 nitrogen and oxygen atoms in total. The SMILES string of the molecule is Cn1ncc(Br)c1C(=O)Nc1ccccc1C(=O)[O-]. The minimum absolute atomic E-state index is 0.0749. The van der Waals surface area contributed by atoms with E-state index in [1.807, 2.05) is 0 Å². The van der Waals surface area contributed by atoms with Crippen LogP contribution in [0.1, 0.15) is 20.8 Å². The Labute approximate surface area is 117 Å². The summed E-state index contributed by atoms with van der Waals surface area (Å²) in [5, 5.41) is 17.4. The van der Waals surface area contributed by atoms with E-state index in [-0.39, 0.29) is 11.3 Å². The molecule has 0 bridgehead atoms. The van der Waals surface area contributed by atoms with Crippen molar-refractivity contribution in [3.05, 3.63) is 46.2 Å². The highest BCUT2D eigenvalue weighted by Gasteiger charge is 2.16. The monoisotopic (exact) mass is 322 g/mol. The summed E-state index contributed by atoms with van der Waals surface area (Å²) in [5.41, 5.74) is 0.405. The zero-order chi connectivity index (χ0) is 14.0. The number of anilines is 1. The van der Waals surface area contributed by atoms with Crippen LogP contribution >= 0.6 is 15.9 Å². The Hall–Kier alpha value is -2.15. The first-order chi connectivity index (χ1) is 9.00. The van der Waals surface area contributed by atoms with E-state index in [4.69, 9.17) is 0 Å². The molecule has 7 heteroatoms. The minimum atomic E-state index is -1.35. The van der Waals surface area contributed by atoms with E-state index < -0.39 is 11.9 Å². The number of carboxylic acid groups (broad SMARTS) is 1. The number of halogens is 1. The zero-order valence-electron chi connectivity index (χ0n) is 9.88. The average molecular weight is 323 g/mol. The number of carboxylic acids is 1. The molecule has 0 fully saturated rings. The average Bonchev–Trinajstić information content (AvgIpc) is 2.69. The number of hydrogen-bond acceptors (Lipinski definition) is 4. The highest BCUT2D eigenvalue weighted by molar-refractivity contribution is 9.10. The van der Waals surface area contributed by atoms with Crippen LogP contribution < -0.4 is 10.4 Å². The van der Waals surface area contributed by atoms with Crippen LogP contribution in [-0.2, 0) is 7.05 Å². The zero-order valence-corrected chi connectivity index (χ0v) is 11.5. The molecule has 1 aromatic carbocycles. The van der Waals surface area contributed by atoms with Gasteiger partial charge in [0, 0.05) is 12.6 Å². The molecule has 0 radical (unpaired) electrons. The molecule has 0 aliphatic rings. The summed E-state index contributed by atoms with van der Waals surface area (Å²) in [5.74, 6) is -1.81. The van der Waals surface area contributed by atoms with Gasteiger partial charge in [0.05, 0.1) is 22.3 Å². The minimum Gasteiger partial charge on any atom is -0.545 e. The van der Waals surface area contributed by atoms with Gasteiger partial charge in [-0.3, -0.25) is 9.48 Å². The standard InChI is InChI=1S/C12H10BrN3O3/c1-16-10(8(13)6-14-16)11(17)15-9-5-3-2-4-7(9)12(18)19/h2-6H,1H3,(H,15,17)(H,18,19)/p-1. The van der Waals surface area contributed by atoms with E-state index in [9.17, 15) is 14.7 Å². The fourth-order valence-corrected chi connectivity index (χ4v) is 2.15. The highest BCUT2D eigenvalue weighted by atomic mass is 79.9. The Morgan fingerprint density at radius 2 is 2.05 bits per heavy atom. The van der Waals surface area contributed by atoms with E-state index in [0.717, 1.165) is 0 Å². The number of aromatic nitrogens is 2. The quantitative estimate of drug-likeness (QED) is 0.905. The molecule has 0 aliphatic carbocycles. The van der Waals surface area contributed by atoms with Crippen LogP contribution in [0.15, 0.2) is 34.9 Å². The van der Waals surface area contributed by atoms with Crippen molar-refractivity contribution in [3.63, 3.8) is 0 Å². The molecular formula is C12H9BrN3O3-. The first-order valence-corrected chi connectivity index (χ1v) is 6.09. The fourth-order valence-electron chi connectivity index (χ4n) is 1.62. The van der Waals surface area contributed by atoms with E-state index in [1.165, 1.54) is 23.0 Å². The van der Waals surface area contributed by atoms with Crippen molar-refractivity contribution in [2.24, 2.45) is 7.05 Å². The van der Waals surface area contributed by atoms with Crippen LogP contribution in [0.5, 0.6) is 0 Å². The number of amides is 1. The van der Waals surface area contributed by atoms with Crippen LogP contribution in [-0.4, -0.2) is 21.7 Å². The van der Waals surface area contributed by atoms with Gasteiger partial charge >= 0.3 is 0 Å². The normalized spacial score (nSPS) is 10.2. The molecule has 0 unspecified atom stereocenters. The van der Waals surface area contributed by atoms with Crippen molar-refractivity contribution in [2.45, 2.75) is 0 Å². The number of aryl methyl sites for hydroxylation is 1. The summed E-state index contributed by atoms with van der Waals surface area (Å²) >= 11 is 3.21. The van der Waals surface area contributed by atoms with Gasteiger partial charge in [-0.05, 0) is 22.0 Å². The topological polar surface area (TPSA) is 87.0 Å². The Morgan fingerprint density at radius 3 is 2.63 bits per heavy atom. The lowest BCUT2D eigenvalue weighted by Gasteiger charge is -2.11. The number of rotatable bonds is 3. The number of para-hydroxylation sites is 1. The van der Waals surface area contributed by atoms with Gasteiger partial charge in [-0.25, -0.2) is 0 Å². The van der Waals surface area contributed by atoms with E-state index in [0.29, 0.717) is 10.2 Å². The molecule has 0 atom stereocenters. The predicted octanol–water partition coefficient (Wildman–Crippen LogP) is 0.798. The number of nitrogens with zero attached hydrogens (tertiary/aromatic N) is 2. The second-order valence-electron chi connectivity index (χ2n) is 3.75. The van der Waals surface area contributed by atoms with Crippen molar-refractivity contribution >= 4 is 33.5 Å².